The molecule has 0 saturated heterocycles. The van der Waals surface area contributed by atoms with Crippen molar-refractivity contribution < 1.29 is 14.2 Å². The van der Waals surface area contributed by atoms with Crippen molar-refractivity contribution in [3.63, 3.8) is 0 Å². The number of pyridine rings is 1. The van der Waals surface area contributed by atoms with Crippen molar-refractivity contribution >= 4 is 39.2 Å². The van der Waals surface area contributed by atoms with Crippen molar-refractivity contribution in [1.29, 1.82) is 0 Å². The minimum absolute atomic E-state index is 0.0872. The maximum atomic E-state index is 6.36. The van der Waals surface area contributed by atoms with E-state index in [4.69, 9.17) is 30.8 Å². The van der Waals surface area contributed by atoms with Crippen molar-refractivity contribution in [2.45, 2.75) is 39.9 Å². The van der Waals surface area contributed by atoms with Gasteiger partial charge >= 0.3 is 0 Å². The summed E-state index contributed by atoms with van der Waals surface area (Å²) in [7, 11) is 1.64. The van der Waals surface area contributed by atoms with E-state index >= 15 is 0 Å². The molecule has 0 unspecified atom stereocenters. The lowest BCUT2D eigenvalue weighted by Crippen LogP contribution is -2.10. The maximum Gasteiger partial charge on any atom is 0.261 e. The number of benzene rings is 2. The Kier molecular flexibility index (Phi) is 5.61. The normalized spacial score (nSPS) is 11.8. The predicted molar refractivity (Wildman–Crippen MR) is 132 cm³/mol. The van der Waals surface area contributed by atoms with Crippen molar-refractivity contribution in [3.05, 3.63) is 47.5 Å². The smallest absolute Gasteiger partial charge is 0.261 e. The van der Waals surface area contributed by atoms with E-state index in [0.717, 1.165) is 22.2 Å². The van der Waals surface area contributed by atoms with E-state index in [1.807, 2.05) is 68.5 Å². The molecule has 3 aromatic heterocycles. The topological polar surface area (TPSA) is 83.7 Å². The van der Waals surface area contributed by atoms with Crippen LogP contribution in [0.2, 0.25) is 5.02 Å². The number of fused-ring (bicyclic) bond motifs is 4. The molecule has 0 saturated carbocycles. The van der Waals surface area contributed by atoms with Crippen LogP contribution in [0.5, 0.6) is 17.5 Å². The molecule has 2 aromatic carbocycles. The van der Waals surface area contributed by atoms with Crippen LogP contribution in [0.4, 0.5) is 0 Å². The van der Waals surface area contributed by atoms with Gasteiger partial charge in [0.25, 0.3) is 5.88 Å². The third-order valence-corrected chi connectivity index (χ3v) is 5.41. The lowest BCUT2D eigenvalue weighted by atomic mass is 10.1. The highest BCUT2D eigenvalue weighted by Crippen LogP contribution is 2.36. The van der Waals surface area contributed by atoms with Crippen LogP contribution in [0.15, 0.2) is 42.5 Å². The lowest BCUT2D eigenvalue weighted by Gasteiger charge is -2.15. The molecule has 0 aliphatic carbocycles. The second kappa shape index (κ2) is 8.61. The molecule has 3 heterocycles. The number of methoxy groups -OCH3 is 1. The first-order valence-corrected chi connectivity index (χ1v) is 11.4. The van der Waals surface area contributed by atoms with Gasteiger partial charge in [-0.05, 0) is 70.2 Å². The molecule has 5 aromatic rings. The second-order valence-corrected chi connectivity index (χ2v) is 8.90. The molecular formula is C25H24ClN5O3. The molecule has 0 aliphatic heterocycles. The average Bonchev–Trinajstić information content (AvgIpc) is 3.24. The molecule has 0 atom stereocenters. The van der Waals surface area contributed by atoms with Crippen LogP contribution in [0.3, 0.4) is 0 Å². The molecule has 174 valence electrons. The van der Waals surface area contributed by atoms with Crippen LogP contribution < -0.4 is 14.2 Å². The summed E-state index contributed by atoms with van der Waals surface area (Å²) >= 11 is 6.36. The van der Waals surface area contributed by atoms with E-state index in [9.17, 15) is 0 Å². The molecule has 0 radical (unpaired) electrons. The predicted octanol–water partition coefficient (Wildman–Crippen LogP) is 5.73. The summed E-state index contributed by atoms with van der Waals surface area (Å²) in [5.74, 6) is 2.13. The summed E-state index contributed by atoms with van der Waals surface area (Å²) in [5.41, 5.74) is 3.41. The van der Waals surface area contributed by atoms with Crippen LogP contribution in [-0.4, -0.2) is 43.9 Å². The van der Waals surface area contributed by atoms with Gasteiger partial charge in [0.2, 0.25) is 11.5 Å². The van der Waals surface area contributed by atoms with E-state index in [1.54, 1.807) is 13.2 Å². The van der Waals surface area contributed by atoms with Gasteiger partial charge in [-0.3, -0.25) is 4.40 Å². The van der Waals surface area contributed by atoms with Crippen LogP contribution in [-0.2, 0) is 0 Å². The van der Waals surface area contributed by atoms with Gasteiger partial charge in [-0.1, -0.05) is 11.6 Å². The monoisotopic (exact) mass is 477 g/mol. The minimum Gasteiger partial charge on any atom is -0.497 e. The van der Waals surface area contributed by atoms with E-state index in [0.29, 0.717) is 39.3 Å². The Morgan fingerprint density at radius 2 is 1.53 bits per heavy atom. The summed E-state index contributed by atoms with van der Waals surface area (Å²) in [6.45, 7) is 7.80. The fourth-order valence-electron chi connectivity index (χ4n) is 3.79. The maximum absolute atomic E-state index is 6.36. The van der Waals surface area contributed by atoms with E-state index in [-0.39, 0.29) is 12.2 Å². The van der Waals surface area contributed by atoms with Crippen molar-refractivity contribution in [3.8, 4) is 28.9 Å². The van der Waals surface area contributed by atoms with Gasteiger partial charge in [-0.15, -0.1) is 10.2 Å². The SMILES string of the molecule is COc1ccc2nc(OC(C)C)c(-c3nnc4c(OC(C)C)nc5ccc(Cl)cc5n34)cc2c1. The number of hydrogen-bond donors (Lipinski definition) is 0. The number of ether oxygens (including phenoxy) is 3. The fraction of sp³-hybridized carbons (Fsp3) is 0.280. The Morgan fingerprint density at radius 1 is 0.824 bits per heavy atom. The lowest BCUT2D eigenvalue weighted by molar-refractivity contribution is 0.234. The molecule has 0 bridgehead atoms. The number of halogens is 1. The van der Waals surface area contributed by atoms with Crippen molar-refractivity contribution in [2.24, 2.45) is 0 Å². The molecule has 8 nitrogen and oxygen atoms in total. The Bertz CT molecular complexity index is 1530. The molecule has 0 aliphatic rings. The molecular weight excluding hydrogens is 454 g/mol. The summed E-state index contributed by atoms with van der Waals surface area (Å²) in [6, 6.07) is 13.2. The van der Waals surface area contributed by atoms with Gasteiger partial charge in [0.15, 0.2) is 5.82 Å². The summed E-state index contributed by atoms with van der Waals surface area (Å²) < 4.78 is 19.4. The number of aromatic nitrogens is 5. The number of hydrogen-bond acceptors (Lipinski definition) is 7. The highest BCUT2D eigenvalue weighted by atomic mass is 35.5. The van der Waals surface area contributed by atoms with Gasteiger partial charge in [-0.25, -0.2) is 9.97 Å². The average molecular weight is 478 g/mol. The number of nitrogens with zero attached hydrogens (tertiary/aromatic N) is 5. The van der Waals surface area contributed by atoms with Crippen LogP contribution in [0.1, 0.15) is 27.7 Å². The first kappa shape index (κ1) is 22.2. The minimum atomic E-state index is -0.0891. The van der Waals surface area contributed by atoms with E-state index in [2.05, 4.69) is 15.2 Å². The zero-order chi connectivity index (χ0) is 24.0. The van der Waals surface area contributed by atoms with Crippen LogP contribution >= 0.6 is 11.6 Å². The number of rotatable bonds is 6. The highest BCUT2D eigenvalue weighted by Gasteiger charge is 2.22. The Morgan fingerprint density at radius 3 is 2.26 bits per heavy atom. The van der Waals surface area contributed by atoms with Gasteiger partial charge < -0.3 is 14.2 Å². The zero-order valence-electron chi connectivity index (χ0n) is 19.5. The first-order chi connectivity index (χ1) is 16.3. The molecule has 0 amide bonds. The zero-order valence-corrected chi connectivity index (χ0v) is 20.3. The van der Waals surface area contributed by atoms with Gasteiger partial charge in [-0.2, -0.15) is 0 Å². The molecule has 0 spiro atoms. The summed E-state index contributed by atoms with van der Waals surface area (Å²) in [5, 5.41) is 10.4. The standard InChI is InChI=1S/C25H24ClN5O3/c1-13(2)33-24-18(11-15-10-17(32-5)7-9-19(15)27-24)22-29-30-23-25(34-14(3)4)28-20-8-6-16(26)12-21(20)31(22)23/h6-14H,1-5H3. The molecule has 5 rings (SSSR count). The fourth-order valence-corrected chi connectivity index (χ4v) is 3.96. The molecule has 9 heteroatoms. The summed E-state index contributed by atoms with van der Waals surface area (Å²) in [6.07, 6.45) is -0.176. The van der Waals surface area contributed by atoms with Crippen molar-refractivity contribution in [1.82, 2.24) is 24.6 Å². The second-order valence-electron chi connectivity index (χ2n) is 8.47. The van der Waals surface area contributed by atoms with E-state index < -0.39 is 0 Å². The third-order valence-electron chi connectivity index (χ3n) is 5.18. The quantitative estimate of drug-likeness (QED) is 0.309. The Hall–Kier alpha value is -3.65. The van der Waals surface area contributed by atoms with Crippen LogP contribution in [0, 0.1) is 0 Å². The Balaban J connectivity index is 1.86. The van der Waals surface area contributed by atoms with E-state index in [1.165, 1.54) is 0 Å². The van der Waals surface area contributed by atoms with Crippen molar-refractivity contribution in [2.75, 3.05) is 7.11 Å². The largest absolute Gasteiger partial charge is 0.497 e. The Labute approximate surface area is 201 Å². The van der Waals surface area contributed by atoms with Crippen LogP contribution in [0.25, 0.3) is 39.0 Å². The highest BCUT2D eigenvalue weighted by molar-refractivity contribution is 6.31. The third kappa shape index (κ3) is 3.94. The molecule has 0 N–H and O–H groups in total. The molecule has 0 fully saturated rings. The molecule has 34 heavy (non-hydrogen) atoms. The van der Waals surface area contributed by atoms with Gasteiger partial charge in [0.05, 0.1) is 41.4 Å². The first-order valence-electron chi connectivity index (χ1n) is 11.0. The van der Waals surface area contributed by atoms with Gasteiger partial charge in [0, 0.05) is 10.4 Å². The van der Waals surface area contributed by atoms with Gasteiger partial charge in [0.1, 0.15) is 5.75 Å². The summed E-state index contributed by atoms with van der Waals surface area (Å²) in [4.78, 5) is 9.46.